The predicted molar refractivity (Wildman–Crippen MR) is 99.3 cm³/mol. The molecule has 1 amide bonds. The number of benzene rings is 2. The van der Waals surface area contributed by atoms with Gasteiger partial charge in [-0.05, 0) is 67.1 Å². The molecule has 0 saturated heterocycles. The van der Waals surface area contributed by atoms with E-state index in [0.717, 1.165) is 24.7 Å². The molecule has 1 atom stereocenters. The highest BCUT2D eigenvalue weighted by Gasteiger charge is 2.15. The van der Waals surface area contributed by atoms with Gasteiger partial charge < -0.3 is 5.32 Å². The van der Waals surface area contributed by atoms with Gasteiger partial charge in [0.1, 0.15) is 0 Å². The Balaban J connectivity index is 1.67. The number of aryl methyl sites for hydroxylation is 2. The van der Waals surface area contributed by atoms with E-state index in [9.17, 15) is 13.2 Å². The Morgan fingerprint density at radius 3 is 2.40 bits per heavy atom. The molecular weight excluding hydrogens is 336 g/mol. The summed E-state index contributed by atoms with van der Waals surface area (Å²) in [4.78, 5) is 12.4. The molecular formula is C19H22N2O3S. The minimum absolute atomic E-state index is 0.0905. The molecule has 0 aliphatic heterocycles. The summed E-state index contributed by atoms with van der Waals surface area (Å²) in [7, 11) is -3.32. The molecule has 0 saturated carbocycles. The summed E-state index contributed by atoms with van der Waals surface area (Å²) in [6, 6.07) is 12.7. The van der Waals surface area contributed by atoms with Gasteiger partial charge in [0, 0.05) is 11.3 Å². The van der Waals surface area contributed by atoms with Crippen LogP contribution in [0.15, 0.2) is 42.5 Å². The molecule has 0 spiro atoms. The molecule has 0 radical (unpaired) electrons. The number of hydrogen-bond donors (Lipinski definition) is 2. The van der Waals surface area contributed by atoms with Gasteiger partial charge in [0.15, 0.2) is 0 Å². The third kappa shape index (κ3) is 4.39. The Morgan fingerprint density at radius 2 is 1.72 bits per heavy atom. The fourth-order valence-corrected chi connectivity index (χ4v) is 3.69. The van der Waals surface area contributed by atoms with Crippen molar-refractivity contribution in [2.75, 3.05) is 11.0 Å². The maximum Gasteiger partial charge on any atom is 0.251 e. The molecule has 132 valence electrons. The fourth-order valence-electron chi connectivity index (χ4n) is 3.13. The monoisotopic (exact) mass is 358 g/mol. The molecule has 3 rings (SSSR count). The van der Waals surface area contributed by atoms with Crippen LogP contribution in [-0.2, 0) is 22.9 Å². The van der Waals surface area contributed by atoms with Crippen LogP contribution in [0.2, 0.25) is 0 Å². The molecule has 5 nitrogen and oxygen atoms in total. The quantitative estimate of drug-likeness (QED) is 0.863. The standard InChI is InChI=1S/C19H22N2O3S/c1-13(16-7-6-14-4-3-5-17(14)12-16)20-19(22)15-8-10-18(11-9-15)21-25(2,23)24/h6-13,21H,3-5H2,1-2H3,(H,20,22). The van der Waals surface area contributed by atoms with Crippen LogP contribution in [0.5, 0.6) is 0 Å². The number of carbonyl (C=O) groups excluding carboxylic acids is 1. The van der Waals surface area contributed by atoms with E-state index in [-0.39, 0.29) is 11.9 Å². The van der Waals surface area contributed by atoms with Crippen molar-refractivity contribution in [3.63, 3.8) is 0 Å². The Morgan fingerprint density at radius 1 is 1.04 bits per heavy atom. The van der Waals surface area contributed by atoms with Crippen molar-refractivity contribution in [2.24, 2.45) is 0 Å². The fraction of sp³-hybridized carbons (Fsp3) is 0.316. The zero-order chi connectivity index (χ0) is 18.0. The van der Waals surface area contributed by atoms with Crippen LogP contribution in [0.25, 0.3) is 0 Å². The molecule has 2 aromatic carbocycles. The van der Waals surface area contributed by atoms with Crippen molar-refractivity contribution < 1.29 is 13.2 Å². The van der Waals surface area contributed by atoms with Crippen molar-refractivity contribution in [3.8, 4) is 0 Å². The predicted octanol–water partition coefficient (Wildman–Crippen LogP) is 3.04. The second kappa shape index (κ2) is 6.88. The van der Waals surface area contributed by atoms with Crippen molar-refractivity contribution in [1.29, 1.82) is 0 Å². The third-order valence-corrected chi connectivity index (χ3v) is 5.03. The van der Waals surface area contributed by atoms with Gasteiger partial charge in [-0.2, -0.15) is 0 Å². The SMILES string of the molecule is CC(NC(=O)c1ccc(NS(C)(=O)=O)cc1)c1ccc2c(c1)CCC2. The van der Waals surface area contributed by atoms with E-state index in [4.69, 9.17) is 0 Å². The van der Waals surface area contributed by atoms with Crippen molar-refractivity contribution >= 4 is 21.6 Å². The highest BCUT2D eigenvalue weighted by molar-refractivity contribution is 7.92. The largest absolute Gasteiger partial charge is 0.346 e. The van der Waals surface area contributed by atoms with E-state index in [1.165, 1.54) is 17.5 Å². The van der Waals surface area contributed by atoms with Gasteiger partial charge in [0.2, 0.25) is 10.0 Å². The Labute approximate surface area is 148 Å². The molecule has 1 aliphatic carbocycles. The summed E-state index contributed by atoms with van der Waals surface area (Å²) in [6.45, 7) is 1.97. The number of rotatable bonds is 5. The van der Waals surface area contributed by atoms with E-state index >= 15 is 0 Å². The first kappa shape index (κ1) is 17.5. The van der Waals surface area contributed by atoms with Crippen LogP contribution in [0, 0.1) is 0 Å². The molecule has 0 bridgehead atoms. The number of amides is 1. The van der Waals surface area contributed by atoms with Crippen molar-refractivity contribution in [3.05, 3.63) is 64.7 Å². The van der Waals surface area contributed by atoms with Crippen LogP contribution in [0.3, 0.4) is 0 Å². The average Bonchev–Trinajstić information content (AvgIpc) is 3.01. The van der Waals surface area contributed by atoms with Crippen LogP contribution in [0.1, 0.15) is 46.4 Å². The lowest BCUT2D eigenvalue weighted by atomic mass is 10.0. The summed E-state index contributed by atoms with van der Waals surface area (Å²) in [6.07, 6.45) is 4.54. The minimum Gasteiger partial charge on any atom is -0.346 e. The zero-order valence-electron chi connectivity index (χ0n) is 14.4. The smallest absolute Gasteiger partial charge is 0.251 e. The number of hydrogen-bond acceptors (Lipinski definition) is 3. The maximum atomic E-state index is 12.4. The second-order valence-corrected chi connectivity index (χ2v) is 8.28. The Hall–Kier alpha value is -2.34. The molecule has 25 heavy (non-hydrogen) atoms. The van der Waals surface area contributed by atoms with E-state index in [1.54, 1.807) is 24.3 Å². The normalized spacial score (nSPS) is 14.6. The van der Waals surface area contributed by atoms with Crippen LogP contribution >= 0.6 is 0 Å². The van der Waals surface area contributed by atoms with Gasteiger partial charge in [-0.15, -0.1) is 0 Å². The minimum atomic E-state index is -3.32. The first-order chi connectivity index (χ1) is 11.8. The summed E-state index contributed by atoms with van der Waals surface area (Å²) in [5, 5.41) is 2.99. The summed E-state index contributed by atoms with van der Waals surface area (Å²) >= 11 is 0. The number of carbonyl (C=O) groups is 1. The lowest BCUT2D eigenvalue weighted by Crippen LogP contribution is -2.26. The number of anilines is 1. The van der Waals surface area contributed by atoms with Crippen LogP contribution < -0.4 is 10.0 Å². The second-order valence-electron chi connectivity index (χ2n) is 6.53. The highest BCUT2D eigenvalue weighted by atomic mass is 32.2. The molecule has 1 unspecified atom stereocenters. The summed E-state index contributed by atoms with van der Waals surface area (Å²) < 4.78 is 24.8. The molecule has 1 aliphatic rings. The first-order valence-corrected chi connectivity index (χ1v) is 10.2. The lowest BCUT2D eigenvalue weighted by Gasteiger charge is -2.16. The van der Waals surface area contributed by atoms with Gasteiger partial charge in [-0.1, -0.05) is 18.2 Å². The molecule has 2 N–H and O–H groups in total. The number of fused-ring (bicyclic) bond motifs is 1. The van der Waals surface area contributed by atoms with E-state index in [1.807, 2.05) is 6.92 Å². The molecule has 6 heteroatoms. The number of sulfonamides is 1. The Kier molecular flexibility index (Phi) is 4.81. The maximum absolute atomic E-state index is 12.4. The third-order valence-electron chi connectivity index (χ3n) is 4.42. The molecule has 0 aromatic heterocycles. The van der Waals surface area contributed by atoms with Gasteiger partial charge in [0.05, 0.1) is 12.3 Å². The van der Waals surface area contributed by atoms with Gasteiger partial charge in [-0.3, -0.25) is 9.52 Å². The molecule has 0 fully saturated rings. The van der Waals surface area contributed by atoms with Gasteiger partial charge >= 0.3 is 0 Å². The summed E-state index contributed by atoms with van der Waals surface area (Å²) in [5.41, 5.74) is 4.83. The van der Waals surface area contributed by atoms with E-state index in [2.05, 4.69) is 28.2 Å². The zero-order valence-corrected chi connectivity index (χ0v) is 15.2. The van der Waals surface area contributed by atoms with Crippen LogP contribution in [-0.4, -0.2) is 20.6 Å². The molecule has 2 aromatic rings. The number of nitrogens with one attached hydrogen (secondary N) is 2. The van der Waals surface area contributed by atoms with Crippen molar-refractivity contribution in [2.45, 2.75) is 32.2 Å². The van der Waals surface area contributed by atoms with Gasteiger partial charge in [0.25, 0.3) is 5.91 Å². The first-order valence-electron chi connectivity index (χ1n) is 8.32. The summed E-state index contributed by atoms with van der Waals surface area (Å²) in [5.74, 6) is -0.182. The molecule has 0 heterocycles. The highest BCUT2D eigenvalue weighted by Crippen LogP contribution is 2.25. The Bertz CT molecular complexity index is 889. The average molecular weight is 358 g/mol. The topological polar surface area (TPSA) is 75.3 Å². The van der Waals surface area contributed by atoms with E-state index in [0.29, 0.717) is 11.3 Å². The van der Waals surface area contributed by atoms with E-state index < -0.39 is 10.0 Å². The van der Waals surface area contributed by atoms with Gasteiger partial charge in [-0.25, -0.2) is 8.42 Å². The van der Waals surface area contributed by atoms with Crippen LogP contribution in [0.4, 0.5) is 5.69 Å². The lowest BCUT2D eigenvalue weighted by molar-refractivity contribution is 0.0940. The van der Waals surface area contributed by atoms with Crippen molar-refractivity contribution in [1.82, 2.24) is 5.32 Å².